The molecule has 8 nitrogen and oxygen atoms in total. The summed E-state index contributed by atoms with van der Waals surface area (Å²) in [6.45, 7) is 0.0560. The molecule has 0 aliphatic carbocycles. The number of carbonyl (C=O) groups is 3. The summed E-state index contributed by atoms with van der Waals surface area (Å²) in [6, 6.07) is 16.9. The third-order valence-corrected chi connectivity index (χ3v) is 5.83. The van der Waals surface area contributed by atoms with E-state index in [2.05, 4.69) is 16.0 Å². The molecule has 4 N–H and O–H groups in total. The van der Waals surface area contributed by atoms with Crippen molar-refractivity contribution in [2.75, 3.05) is 12.4 Å². The van der Waals surface area contributed by atoms with Gasteiger partial charge in [-0.1, -0.05) is 60.7 Å². The van der Waals surface area contributed by atoms with Gasteiger partial charge in [0.2, 0.25) is 11.8 Å². The fraction of sp³-hybridized carbons (Fsp3) is 0.318. The van der Waals surface area contributed by atoms with Crippen molar-refractivity contribution < 1.29 is 24.2 Å². The maximum absolute atomic E-state index is 12.9. The highest BCUT2D eigenvalue weighted by Crippen LogP contribution is 2.19. The Morgan fingerprint density at radius 3 is 2.32 bits per heavy atom. The first-order chi connectivity index (χ1) is 15.1. The van der Waals surface area contributed by atoms with Crippen molar-refractivity contribution in [1.29, 1.82) is 0 Å². The number of amides is 3. The van der Waals surface area contributed by atoms with Gasteiger partial charge in [0.1, 0.15) is 24.1 Å². The zero-order valence-electron chi connectivity index (χ0n) is 16.8. The standard InChI is InChI=1S/C22H25N3O5S/c26-11-12-31-21-18(20(28)25-21)24-19(27)17(13-15-7-3-1-4-8-15)23-22(29)30-14-16-9-5-2-6-10-16/h1-10,17-18,21,26H,11-14H2,(H,23,29)(H,24,27)(H,25,28)/t17-,18+,21?/m0/s1. The Morgan fingerprint density at radius 2 is 1.71 bits per heavy atom. The van der Waals surface area contributed by atoms with Crippen LogP contribution >= 0.6 is 11.8 Å². The number of aliphatic hydroxyl groups is 1. The summed E-state index contributed by atoms with van der Waals surface area (Å²) in [5.74, 6) is -0.335. The summed E-state index contributed by atoms with van der Waals surface area (Å²) in [5.41, 5.74) is 1.69. The van der Waals surface area contributed by atoms with E-state index in [1.54, 1.807) is 0 Å². The molecule has 1 saturated heterocycles. The minimum Gasteiger partial charge on any atom is -0.445 e. The van der Waals surface area contributed by atoms with E-state index in [1.165, 1.54) is 11.8 Å². The fourth-order valence-electron chi connectivity index (χ4n) is 3.03. The van der Waals surface area contributed by atoms with Crippen molar-refractivity contribution >= 4 is 29.7 Å². The minimum absolute atomic E-state index is 0.0247. The molecule has 0 saturated carbocycles. The molecule has 9 heteroatoms. The van der Waals surface area contributed by atoms with Crippen LogP contribution in [0, 0.1) is 0 Å². The van der Waals surface area contributed by atoms with Gasteiger partial charge in [0.25, 0.3) is 0 Å². The van der Waals surface area contributed by atoms with E-state index in [0.29, 0.717) is 5.75 Å². The molecule has 3 rings (SSSR count). The van der Waals surface area contributed by atoms with Gasteiger partial charge in [-0.15, -0.1) is 11.8 Å². The number of ether oxygens (including phenoxy) is 1. The van der Waals surface area contributed by atoms with E-state index in [1.807, 2.05) is 60.7 Å². The van der Waals surface area contributed by atoms with E-state index in [9.17, 15) is 14.4 Å². The van der Waals surface area contributed by atoms with Gasteiger partial charge >= 0.3 is 6.09 Å². The average Bonchev–Trinajstić information content (AvgIpc) is 2.79. The lowest BCUT2D eigenvalue weighted by Gasteiger charge is -2.37. The number of thioether (sulfide) groups is 1. The number of alkyl carbamates (subject to hydrolysis) is 1. The molecule has 0 spiro atoms. The van der Waals surface area contributed by atoms with Gasteiger partial charge in [-0.2, -0.15) is 0 Å². The normalized spacial score (nSPS) is 18.3. The number of carbonyl (C=O) groups excluding carboxylic acids is 3. The van der Waals surface area contributed by atoms with Crippen LogP contribution in [0.25, 0.3) is 0 Å². The van der Waals surface area contributed by atoms with Crippen LogP contribution < -0.4 is 16.0 Å². The van der Waals surface area contributed by atoms with Crippen molar-refractivity contribution in [3.05, 3.63) is 71.8 Å². The first-order valence-corrected chi connectivity index (χ1v) is 11.0. The molecule has 0 radical (unpaired) electrons. The maximum Gasteiger partial charge on any atom is 0.408 e. The van der Waals surface area contributed by atoms with Crippen LogP contribution in [0.4, 0.5) is 4.79 Å². The van der Waals surface area contributed by atoms with E-state index < -0.39 is 24.1 Å². The van der Waals surface area contributed by atoms with E-state index in [0.717, 1.165) is 11.1 Å². The highest BCUT2D eigenvalue weighted by atomic mass is 32.2. The Morgan fingerprint density at radius 1 is 1.06 bits per heavy atom. The van der Waals surface area contributed by atoms with E-state index in [-0.39, 0.29) is 30.9 Å². The van der Waals surface area contributed by atoms with Crippen molar-refractivity contribution in [2.24, 2.45) is 0 Å². The van der Waals surface area contributed by atoms with Crippen LogP contribution in [-0.2, 0) is 27.4 Å². The number of rotatable bonds is 10. The van der Waals surface area contributed by atoms with Gasteiger partial charge in [-0.3, -0.25) is 9.59 Å². The summed E-state index contributed by atoms with van der Waals surface area (Å²) in [5, 5.41) is 16.7. The zero-order chi connectivity index (χ0) is 22.1. The van der Waals surface area contributed by atoms with E-state index >= 15 is 0 Å². The van der Waals surface area contributed by atoms with E-state index in [4.69, 9.17) is 9.84 Å². The monoisotopic (exact) mass is 443 g/mol. The highest BCUT2D eigenvalue weighted by Gasteiger charge is 2.41. The van der Waals surface area contributed by atoms with Gasteiger partial charge in [0.15, 0.2) is 0 Å². The quantitative estimate of drug-likeness (QED) is 0.410. The van der Waals surface area contributed by atoms with Crippen LogP contribution in [0.15, 0.2) is 60.7 Å². The van der Waals surface area contributed by atoms with Gasteiger partial charge in [-0.05, 0) is 11.1 Å². The van der Waals surface area contributed by atoms with Gasteiger partial charge in [0.05, 0.1) is 6.61 Å². The van der Waals surface area contributed by atoms with Gasteiger partial charge < -0.3 is 25.8 Å². The largest absolute Gasteiger partial charge is 0.445 e. The molecule has 0 aromatic heterocycles. The van der Waals surface area contributed by atoms with Crippen molar-refractivity contribution in [1.82, 2.24) is 16.0 Å². The Kier molecular flexibility index (Phi) is 8.31. The van der Waals surface area contributed by atoms with Gasteiger partial charge in [0, 0.05) is 12.2 Å². The molecule has 164 valence electrons. The number of benzene rings is 2. The Balaban J connectivity index is 1.62. The molecule has 1 aliphatic rings. The Bertz CT molecular complexity index is 881. The first kappa shape index (κ1) is 22.6. The van der Waals surface area contributed by atoms with Gasteiger partial charge in [-0.25, -0.2) is 4.79 Å². The Hall–Kier alpha value is -3.04. The molecule has 3 amide bonds. The molecule has 2 aromatic rings. The molecule has 3 atom stereocenters. The second-order valence-corrected chi connectivity index (χ2v) is 8.21. The second kappa shape index (κ2) is 11.4. The number of β-lactam (4-membered cyclic amide) rings is 1. The molecule has 2 aromatic carbocycles. The first-order valence-electron chi connectivity index (χ1n) is 9.91. The summed E-state index contributed by atoms with van der Waals surface area (Å²) < 4.78 is 5.25. The molecule has 0 bridgehead atoms. The topological polar surface area (TPSA) is 117 Å². The second-order valence-electron chi connectivity index (χ2n) is 6.96. The molecular weight excluding hydrogens is 418 g/mol. The maximum atomic E-state index is 12.9. The summed E-state index contributed by atoms with van der Waals surface area (Å²) in [6.07, 6.45) is -0.472. The van der Waals surface area contributed by atoms with Crippen molar-refractivity contribution in [2.45, 2.75) is 30.5 Å². The predicted molar refractivity (Wildman–Crippen MR) is 117 cm³/mol. The van der Waals surface area contributed by atoms with Crippen LogP contribution in [0.2, 0.25) is 0 Å². The van der Waals surface area contributed by atoms with Crippen molar-refractivity contribution in [3.63, 3.8) is 0 Å². The van der Waals surface area contributed by atoms with Crippen molar-refractivity contribution in [3.8, 4) is 0 Å². The highest BCUT2D eigenvalue weighted by molar-refractivity contribution is 8.00. The third kappa shape index (κ3) is 6.73. The molecule has 1 unspecified atom stereocenters. The average molecular weight is 444 g/mol. The molecule has 31 heavy (non-hydrogen) atoms. The lowest BCUT2D eigenvalue weighted by Crippen LogP contribution is -2.69. The predicted octanol–water partition coefficient (Wildman–Crippen LogP) is 1.19. The van der Waals surface area contributed by atoms with Crippen LogP contribution in [0.1, 0.15) is 11.1 Å². The smallest absolute Gasteiger partial charge is 0.408 e. The number of aliphatic hydroxyl groups excluding tert-OH is 1. The van der Waals surface area contributed by atoms with Crippen LogP contribution in [-0.4, -0.2) is 52.8 Å². The lowest BCUT2D eigenvalue weighted by atomic mass is 10.0. The minimum atomic E-state index is -0.914. The third-order valence-electron chi connectivity index (χ3n) is 4.66. The molecular formula is C22H25N3O5S. The fourth-order valence-corrected chi connectivity index (χ4v) is 3.98. The summed E-state index contributed by atoms with van der Waals surface area (Å²) in [4.78, 5) is 37.1. The molecule has 1 aliphatic heterocycles. The SMILES string of the molecule is O=C(N[C@@H](Cc1ccccc1)C(=O)N[C@@H]1C(=O)NC1SCCO)OCc1ccccc1. The molecule has 1 fully saturated rings. The lowest BCUT2D eigenvalue weighted by molar-refractivity contribution is -0.134. The van der Waals surface area contributed by atoms with Crippen LogP contribution in [0.3, 0.4) is 0 Å². The Labute approximate surface area is 184 Å². The number of nitrogens with one attached hydrogen (secondary N) is 3. The number of hydrogen-bond acceptors (Lipinski definition) is 6. The zero-order valence-corrected chi connectivity index (χ0v) is 17.6. The molecule has 1 heterocycles. The summed E-state index contributed by atoms with van der Waals surface area (Å²) in [7, 11) is 0. The summed E-state index contributed by atoms with van der Waals surface area (Å²) >= 11 is 1.34. The number of hydrogen-bond donors (Lipinski definition) is 4. The van der Waals surface area contributed by atoms with Crippen LogP contribution in [0.5, 0.6) is 0 Å².